The first-order valence-electron chi connectivity index (χ1n) is 13.2. The van der Waals surface area contributed by atoms with Crippen LogP contribution in [0.2, 0.25) is 0 Å². The number of nitrogens with one attached hydrogen (secondary N) is 2. The largest absolute Gasteiger partial charge is 0.379 e. The van der Waals surface area contributed by atoms with Gasteiger partial charge >= 0.3 is 0 Å². The molecule has 200 valence electrons. The molecule has 6 rings (SSSR count). The van der Waals surface area contributed by atoms with Crippen LogP contribution in [0.15, 0.2) is 18.6 Å². The maximum atomic E-state index is 11.8. The van der Waals surface area contributed by atoms with E-state index in [1.54, 1.807) is 12.4 Å². The lowest BCUT2D eigenvalue weighted by atomic mass is 9.90. The summed E-state index contributed by atoms with van der Waals surface area (Å²) in [6, 6.07) is 1.08. The SMILES string of the molecule is Cn1ncc2nc(Nc3cnn(C4CCS(=O)(=O)CC4)c3)nc(N[C@H]3CC[C@H](N4CCOCC4)CC3)c21. The molecule has 12 nitrogen and oxygen atoms in total. The van der Waals surface area contributed by atoms with Gasteiger partial charge in [-0.25, -0.2) is 13.4 Å². The zero-order valence-corrected chi connectivity index (χ0v) is 22.0. The van der Waals surface area contributed by atoms with E-state index in [2.05, 4.69) is 30.7 Å². The summed E-state index contributed by atoms with van der Waals surface area (Å²) in [6.45, 7) is 3.76. The zero-order valence-electron chi connectivity index (χ0n) is 21.2. The van der Waals surface area contributed by atoms with E-state index in [1.165, 1.54) is 12.8 Å². The number of fused-ring (bicyclic) bond motifs is 1. The van der Waals surface area contributed by atoms with Crippen molar-refractivity contribution in [2.45, 2.75) is 56.7 Å². The number of aryl methyl sites for hydroxylation is 1. The molecule has 2 aliphatic heterocycles. The van der Waals surface area contributed by atoms with Gasteiger partial charge in [0.2, 0.25) is 5.95 Å². The summed E-state index contributed by atoms with van der Waals surface area (Å²) >= 11 is 0. The number of ether oxygens (including phenoxy) is 1. The molecule has 2 N–H and O–H groups in total. The van der Waals surface area contributed by atoms with Gasteiger partial charge in [-0.05, 0) is 38.5 Å². The highest BCUT2D eigenvalue weighted by Gasteiger charge is 2.28. The fraction of sp³-hybridized carbons (Fsp3) is 0.667. The standard InChI is InChI=1S/C24H35N9O3S/c1-31-22-21(15-25-31)29-24(28-18-14-26-33(16-18)20-6-12-37(34,35)13-7-20)30-23(22)27-17-2-4-19(5-3-17)32-8-10-36-11-9-32/h14-17,19-20H,2-13H2,1H3,(H2,27,28,29,30)/t17-,19-. The van der Waals surface area contributed by atoms with Crippen molar-refractivity contribution in [2.24, 2.45) is 7.05 Å². The molecule has 1 saturated carbocycles. The molecule has 0 unspecified atom stereocenters. The van der Waals surface area contributed by atoms with Crippen LogP contribution in [-0.2, 0) is 21.6 Å². The Morgan fingerprint density at radius 1 is 0.946 bits per heavy atom. The van der Waals surface area contributed by atoms with Crippen molar-refractivity contribution >= 4 is 38.3 Å². The van der Waals surface area contributed by atoms with Gasteiger partial charge in [-0.15, -0.1) is 0 Å². The highest BCUT2D eigenvalue weighted by Crippen LogP contribution is 2.30. The summed E-state index contributed by atoms with van der Waals surface area (Å²) in [5, 5.41) is 15.9. The molecule has 0 aromatic carbocycles. The molecule has 0 amide bonds. The van der Waals surface area contributed by atoms with Gasteiger partial charge in [0, 0.05) is 38.4 Å². The summed E-state index contributed by atoms with van der Waals surface area (Å²) in [4.78, 5) is 12.1. The summed E-state index contributed by atoms with van der Waals surface area (Å²) < 4.78 is 32.7. The van der Waals surface area contributed by atoms with Gasteiger partial charge in [0.1, 0.15) is 20.9 Å². The molecule has 0 bridgehead atoms. The minimum Gasteiger partial charge on any atom is -0.379 e. The minimum atomic E-state index is -2.91. The summed E-state index contributed by atoms with van der Waals surface area (Å²) in [5.74, 6) is 1.69. The van der Waals surface area contributed by atoms with Crippen molar-refractivity contribution in [1.82, 2.24) is 34.4 Å². The summed E-state index contributed by atoms with van der Waals surface area (Å²) in [7, 11) is -0.999. The monoisotopic (exact) mass is 529 g/mol. The fourth-order valence-corrected chi connectivity index (χ4v) is 7.30. The third-order valence-corrected chi connectivity index (χ3v) is 9.66. The molecular weight excluding hydrogens is 494 g/mol. The predicted molar refractivity (Wildman–Crippen MR) is 141 cm³/mol. The van der Waals surface area contributed by atoms with E-state index in [9.17, 15) is 8.42 Å². The molecule has 1 aliphatic carbocycles. The Morgan fingerprint density at radius 2 is 1.70 bits per heavy atom. The van der Waals surface area contributed by atoms with Crippen molar-refractivity contribution in [3.8, 4) is 0 Å². The first-order valence-corrected chi connectivity index (χ1v) is 15.1. The highest BCUT2D eigenvalue weighted by atomic mass is 32.2. The van der Waals surface area contributed by atoms with Crippen molar-refractivity contribution in [1.29, 1.82) is 0 Å². The maximum absolute atomic E-state index is 11.8. The number of hydrogen-bond donors (Lipinski definition) is 2. The van der Waals surface area contributed by atoms with Crippen LogP contribution >= 0.6 is 0 Å². The predicted octanol–water partition coefficient (Wildman–Crippen LogP) is 2.11. The average molecular weight is 530 g/mol. The van der Waals surface area contributed by atoms with E-state index >= 15 is 0 Å². The second kappa shape index (κ2) is 10.2. The van der Waals surface area contributed by atoms with Crippen molar-refractivity contribution in [3.63, 3.8) is 0 Å². The van der Waals surface area contributed by atoms with Gasteiger partial charge in [-0.2, -0.15) is 15.2 Å². The first-order chi connectivity index (χ1) is 17.9. The molecule has 5 heterocycles. The van der Waals surface area contributed by atoms with Crippen LogP contribution in [0.5, 0.6) is 0 Å². The van der Waals surface area contributed by atoms with Crippen LogP contribution in [0.25, 0.3) is 11.0 Å². The third kappa shape index (κ3) is 5.43. The normalized spacial score (nSPS) is 25.3. The van der Waals surface area contributed by atoms with Gasteiger partial charge in [-0.1, -0.05) is 0 Å². The smallest absolute Gasteiger partial charge is 0.230 e. The molecule has 0 spiro atoms. The van der Waals surface area contributed by atoms with Crippen LogP contribution < -0.4 is 10.6 Å². The van der Waals surface area contributed by atoms with Crippen LogP contribution in [0.1, 0.15) is 44.6 Å². The molecule has 3 aliphatic rings. The topological polar surface area (TPSA) is 132 Å². The van der Waals surface area contributed by atoms with Crippen LogP contribution in [0, 0.1) is 0 Å². The lowest BCUT2D eigenvalue weighted by molar-refractivity contribution is 0.00791. The van der Waals surface area contributed by atoms with Crippen LogP contribution in [0.3, 0.4) is 0 Å². The van der Waals surface area contributed by atoms with E-state index in [-0.39, 0.29) is 17.5 Å². The van der Waals surface area contributed by atoms with Crippen molar-refractivity contribution < 1.29 is 13.2 Å². The van der Waals surface area contributed by atoms with Gasteiger partial charge in [0.25, 0.3) is 0 Å². The van der Waals surface area contributed by atoms with Crippen molar-refractivity contribution in [3.05, 3.63) is 18.6 Å². The maximum Gasteiger partial charge on any atom is 0.230 e. The molecular formula is C24H35N9O3S. The Kier molecular flexibility index (Phi) is 6.76. The number of morpholine rings is 1. The molecule has 3 aromatic heterocycles. The zero-order chi connectivity index (χ0) is 25.4. The lowest BCUT2D eigenvalue weighted by Crippen LogP contribution is -2.46. The second-order valence-electron chi connectivity index (χ2n) is 10.4. The second-order valence-corrected chi connectivity index (χ2v) is 12.7. The van der Waals surface area contributed by atoms with Gasteiger partial charge in [-0.3, -0.25) is 14.3 Å². The van der Waals surface area contributed by atoms with Crippen LogP contribution in [-0.4, -0.2) is 92.7 Å². The quantitative estimate of drug-likeness (QED) is 0.489. The van der Waals surface area contributed by atoms with Crippen LogP contribution in [0.4, 0.5) is 17.5 Å². The van der Waals surface area contributed by atoms with Gasteiger partial charge in [0.05, 0.1) is 48.8 Å². The molecule has 0 radical (unpaired) electrons. The lowest BCUT2D eigenvalue weighted by Gasteiger charge is -2.39. The molecule has 13 heteroatoms. The number of rotatable bonds is 6. The minimum absolute atomic E-state index is 0.0885. The van der Waals surface area contributed by atoms with E-state index in [4.69, 9.17) is 9.72 Å². The Labute approximate surface area is 216 Å². The van der Waals surface area contributed by atoms with Crippen molar-refractivity contribution in [2.75, 3.05) is 48.4 Å². The molecule has 3 fully saturated rings. The highest BCUT2D eigenvalue weighted by molar-refractivity contribution is 7.91. The van der Waals surface area contributed by atoms with E-state index in [0.29, 0.717) is 30.9 Å². The fourth-order valence-electron chi connectivity index (χ4n) is 5.83. The van der Waals surface area contributed by atoms with E-state index < -0.39 is 9.84 Å². The summed E-state index contributed by atoms with van der Waals surface area (Å²) in [5.41, 5.74) is 2.43. The molecule has 0 atom stereocenters. The van der Waals surface area contributed by atoms with E-state index in [0.717, 1.165) is 61.7 Å². The number of anilines is 3. The first kappa shape index (κ1) is 24.6. The Hall–Kier alpha value is -2.77. The number of sulfone groups is 1. The van der Waals surface area contributed by atoms with Gasteiger partial charge in [0.15, 0.2) is 5.82 Å². The third-order valence-electron chi connectivity index (χ3n) is 7.94. The number of nitrogens with zero attached hydrogens (tertiary/aromatic N) is 7. The molecule has 37 heavy (non-hydrogen) atoms. The Balaban J connectivity index is 1.15. The molecule has 3 aromatic rings. The van der Waals surface area contributed by atoms with E-state index in [1.807, 2.05) is 22.6 Å². The Morgan fingerprint density at radius 3 is 2.46 bits per heavy atom. The average Bonchev–Trinajstić information content (AvgIpc) is 3.52. The summed E-state index contributed by atoms with van der Waals surface area (Å²) in [6.07, 6.45) is 11.1. The number of aromatic nitrogens is 6. The number of hydrogen-bond acceptors (Lipinski definition) is 10. The molecule has 2 saturated heterocycles. The van der Waals surface area contributed by atoms with Gasteiger partial charge < -0.3 is 15.4 Å². The Bertz CT molecular complexity index is 1330.